The molecular weight excluding hydrogens is 344 g/mol. The normalized spacial score (nSPS) is 18.4. The summed E-state index contributed by atoms with van der Waals surface area (Å²) in [5, 5.41) is 1.73. The van der Waals surface area contributed by atoms with Gasteiger partial charge in [0.05, 0.1) is 4.90 Å². The largest absolute Gasteiger partial charge is 0.398 e. The number of halogens is 1. The zero-order valence-corrected chi connectivity index (χ0v) is 14.0. The third kappa shape index (κ3) is 3.50. The lowest BCUT2D eigenvalue weighted by molar-refractivity contribution is 0.135. The van der Waals surface area contributed by atoms with Crippen molar-refractivity contribution in [1.29, 1.82) is 0 Å². The summed E-state index contributed by atoms with van der Waals surface area (Å²) < 4.78 is 25.6. The molecule has 0 spiro atoms. The first-order valence-electron chi connectivity index (χ1n) is 6.31. The number of nitrogens with two attached hydrogens (primary N) is 1. The predicted octanol–water partition coefficient (Wildman–Crippen LogP) is 0.780. The van der Waals surface area contributed by atoms with Gasteiger partial charge in [-0.25, -0.2) is 13.4 Å². The molecule has 1 aromatic rings. The van der Waals surface area contributed by atoms with Crippen LogP contribution in [0.25, 0.3) is 0 Å². The number of hydrogen-bond donors (Lipinski definition) is 2. The minimum Gasteiger partial charge on any atom is -0.398 e. The van der Waals surface area contributed by atoms with Gasteiger partial charge in [0.2, 0.25) is 0 Å². The number of nitrogens with one attached hydrogen (secondary N) is 1. The van der Waals surface area contributed by atoms with Crippen LogP contribution in [-0.2, 0) is 10.0 Å². The van der Waals surface area contributed by atoms with Crippen LogP contribution in [0.15, 0.2) is 21.5 Å². The van der Waals surface area contributed by atoms with Crippen LogP contribution in [0.3, 0.4) is 0 Å². The van der Waals surface area contributed by atoms with E-state index < -0.39 is 10.0 Å². The van der Waals surface area contributed by atoms with Crippen LogP contribution in [0.4, 0.5) is 5.69 Å². The summed E-state index contributed by atoms with van der Waals surface area (Å²) in [4.78, 5) is 5.01. The second-order valence-corrected chi connectivity index (χ2v) is 7.51. The molecule has 0 amide bonds. The first-order valence-corrected chi connectivity index (χ1v) is 8.59. The number of sulfonamides is 1. The summed E-state index contributed by atoms with van der Waals surface area (Å²) in [6.07, 6.45) is 0. The van der Waals surface area contributed by atoms with Gasteiger partial charge in [0.25, 0.3) is 10.0 Å². The predicted molar refractivity (Wildman–Crippen MR) is 82.7 cm³/mol. The molecule has 112 valence electrons. The van der Waals surface area contributed by atoms with Crippen LogP contribution in [0, 0.1) is 6.92 Å². The minimum absolute atomic E-state index is 0.220. The first-order chi connectivity index (χ1) is 9.29. The third-order valence-corrected chi connectivity index (χ3v) is 5.54. The second kappa shape index (κ2) is 5.98. The molecule has 0 radical (unpaired) electrons. The maximum atomic E-state index is 12.4. The van der Waals surface area contributed by atoms with E-state index in [2.05, 4.69) is 25.7 Å². The molecule has 2 rings (SSSR count). The van der Waals surface area contributed by atoms with Crippen molar-refractivity contribution in [3.63, 3.8) is 0 Å². The number of benzene rings is 1. The fourth-order valence-electron chi connectivity index (χ4n) is 2.07. The summed E-state index contributed by atoms with van der Waals surface area (Å²) in [6.45, 7) is 4.76. The molecule has 1 aliphatic heterocycles. The van der Waals surface area contributed by atoms with E-state index in [9.17, 15) is 8.42 Å². The van der Waals surface area contributed by atoms with Crippen molar-refractivity contribution in [3.8, 4) is 0 Å². The van der Waals surface area contributed by atoms with Crippen LogP contribution < -0.4 is 10.6 Å². The number of rotatable bonds is 3. The Bertz CT molecular complexity index is 598. The molecule has 0 aromatic heterocycles. The molecule has 0 unspecified atom stereocenters. The monoisotopic (exact) mass is 362 g/mol. The molecule has 8 heteroatoms. The molecule has 3 N–H and O–H groups in total. The van der Waals surface area contributed by atoms with Gasteiger partial charge in [-0.1, -0.05) is 0 Å². The zero-order chi connectivity index (χ0) is 14.9. The van der Waals surface area contributed by atoms with Gasteiger partial charge in [-0.05, 0) is 47.6 Å². The van der Waals surface area contributed by atoms with Crippen LogP contribution in [0.2, 0.25) is 0 Å². The van der Waals surface area contributed by atoms with Crippen molar-refractivity contribution >= 4 is 31.6 Å². The van der Waals surface area contributed by atoms with Crippen molar-refractivity contribution in [1.82, 2.24) is 14.7 Å². The SMILES string of the molecule is Cc1cc(Br)c(N)cc1S(=O)(=O)NN1CCN(C)CC1. The molecule has 1 fully saturated rings. The number of piperazine rings is 1. The number of hydrogen-bond acceptors (Lipinski definition) is 5. The quantitative estimate of drug-likeness (QED) is 0.776. The lowest BCUT2D eigenvalue weighted by Crippen LogP contribution is -2.52. The van der Waals surface area contributed by atoms with E-state index in [-0.39, 0.29) is 4.90 Å². The topological polar surface area (TPSA) is 78.7 Å². The maximum Gasteiger partial charge on any atom is 0.253 e. The Morgan fingerprint density at radius 1 is 1.25 bits per heavy atom. The van der Waals surface area contributed by atoms with Gasteiger partial charge in [-0.2, -0.15) is 0 Å². The number of likely N-dealkylation sites (N-methyl/N-ethyl adjacent to an activating group) is 1. The number of aryl methyl sites for hydroxylation is 1. The molecule has 0 atom stereocenters. The van der Waals surface area contributed by atoms with Crippen LogP contribution in [-0.4, -0.2) is 51.6 Å². The molecule has 1 aromatic carbocycles. The van der Waals surface area contributed by atoms with E-state index in [0.29, 0.717) is 28.8 Å². The number of anilines is 1. The van der Waals surface area contributed by atoms with Crippen LogP contribution in [0.1, 0.15) is 5.56 Å². The van der Waals surface area contributed by atoms with Gasteiger partial charge < -0.3 is 10.6 Å². The summed E-state index contributed by atoms with van der Waals surface area (Å²) in [5.74, 6) is 0. The van der Waals surface area contributed by atoms with Crippen molar-refractivity contribution in [2.75, 3.05) is 39.0 Å². The Morgan fingerprint density at radius 3 is 2.45 bits per heavy atom. The standard InChI is InChI=1S/C12H19BrN4O2S/c1-9-7-10(13)11(14)8-12(9)20(18,19)15-17-5-3-16(2)4-6-17/h7-8,15H,3-6,14H2,1-2H3. The molecule has 0 bridgehead atoms. The zero-order valence-electron chi connectivity index (χ0n) is 11.6. The van der Waals surface area contributed by atoms with Crippen molar-refractivity contribution in [3.05, 3.63) is 22.2 Å². The fraction of sp³-hybridized carbons (Fsp3) is 0.500. The molecule has 0 saturated carbocycles. The third-order valence-electron chi connectivity index (χ3n) is 3.34. The van der Waals surface area contributed by atoms with Crippen molar-refractivity contribution < 1.29 is 8.42 Å². The fourth-order valence-corrected chi connectivity index (χ4v) is 3.92. The Morgan fingerprint density at radius 2 is 1.85 bits per heavy atom. The Labute approximate surface area is 128 Å². The Balaban J connectivity index is 2.20. The molecule has 1 heterocycles. The van der Waals surface area contributed by atoms with E-state index in [1.807, 2.05) is 7.05 Å². The Hall–Kier alpha value is -0.670. The van der Waals surface area contributed by atoms with Gasteiger partial charge >= 0.3 is 0 Å². The highest BCUT2D eigenvalue weighted by Gasteiger charge is 2.23. The summed E-state index contributed by atoms with van der Waals surface area (Å²) >= 11 is 3.30. The number of hydrazine groups is 1. The highest BCUT2D eigenvalue weighted by Crippen LogP contribution is 2.26. The van der Waals surface area contributed by atoms with Crippen LogP contribution in [0.5, 0.6) is 0 Å². The first kappa shape index (κ1) is 15.7. The van der Waals surface area contributed by atoms with E-state index in [4.69, 9.17) is 5.73 Å². The summed E-state index contributed by atoms with van der Waals surface area (Å²) in [6, 6.07) is 3.20. The number of nitrogens with zero attached hydrogens (tertiary/aromatic N) is 2. The van der Waals surface area contributed by atoms with Gasteiger partial charge in [-0.3, -0.25) is 0 Å². The average molecular weight is 363 g/mol. The van der Waals surface area contributed by atoms with Gasteiger partial charge in [-0.15, -0.1) is 4.83 Å². The minimum atomic E-state index is -3.59. The maximum absolute atomic E-state index is 12.4. The smallest absolute Gasteiger partial charge is 0.253 e. The highest BCUT2D eigenvalue weighted by atomic mass is 79.9. The highest BCUT2D eigenvalue weighted by molar-refractivity contribution is 9.10. The lowest BCUT2D eigenvalue weighted by atomic mass is 10.2. The Kier molecular flexibility index (Phi) is 4.70. The number of nitrogen functional groups attached to an aromatic ring is 1. The van der Waals surface area contributed by atoms with Crippen molar-refractivity contribution in [2.24, 2.45) is 0 Å². The van der Waals surface area contributed by atoms with E-state index in [0.717, 1.165) is 13.1 Å². The van der Waals surface area contributed by atoms with Gasteiger partial charge in [0, 0.05) is 36.3 Å². The summed E-state index contributed by atoms with van der Waals surface area (Å²) in [5.41, 5.74) is 6.85. The second-order valence-electron chi connectivity index (χ2n) is 5.02. The van der Waals surface area contributed by atoms with E-state index in [1.165, 1.54) is 6.07 Å². The van der Waals surface area contributed by atoms with E-state index in [1.54, 1.807) is 18.0 Å². The van der Waals surface area contributed by atoms with Crippen molar-refractivity contribution in [2.45, 2.75) is 11.8 Å². The van der Waals surface area contributed by atoms with Crippen LogP contribution >= 0.6 is 15.9 Å². The lowest BCUT2D eigenvalue weighted by Gasteiger charge is -2.32. The van der Waals surface area contributed by atoms with Gasteiger partial charge in [0.15, 0.2) is 0 Å². The average Bonchev–Trinajstić information content (AvgIpc) is 2.36. The van der Waals surface area contributed by atoms with E-state index >= 15 is 0 Å². The summed E-state index contributed by atoms with van der Waals surface area (Å²) in [7, 11) is -1.57. The molecular formula is C12H19BrN4O2S. The molecule has 0 aliphatic carbocycles. The van der Waals surface area contributed by atoms with Gasteiger partial charge in [0.1, 0.15) is 0 Å². The molecule has 6 nitrogen and oxygen atoms in total. The molecule has 1 aliphatic rings. The molecule has 20 heavy (non-hydrogen) atoms. The molecule has 1 saturated heterocycles.